The van der Waals surface area contributed by atoms with Gasteiger partial charge in [0, 0.05) is 50.6 Å². The first-order valence-electron chi connectivity index (χ1n) is 10.2. The summed E-state index contributed by atoms with van der Waals surface area (Å²) in [6, 6.07) is 18.0. The van der Waals surface area contributed by atoms with Crippen molar-refractivity contribution in [2.75, 3.05) is 26.8 Å². The Labute approximate surface area is 171 Å². The zero-order valence-corrected chi connectivity index (χ0v) is 16.8. The van der Waals surface area contributed by atoms with Gasteiger partial charge in [-0.25, -0.2) is 4.98 Å². The molecule has 0 unspecified atom stereocenters. The second-order valence-electron chi connectivity index (χ2n) is 7.47. The molecule has 0 bridgehead atoms. The number of nitrogens with zero attached hydrogens (tertiary/aromatic N) is 3. The van der Waals surface area contributed by atoms with E-state index < -0.39 is 0 Å². The van der Waals surface area contributed by atoms with Crippen molar-refractivity contribution in [2.45, 2.75) is 25.3 Å². The van der Waals surface area contributed by atoms with Crippen LogP contribution in [-0.2, 0) is 11.3 Å². The summed E-state index contributed by atoms with van der Waals surface area (Å²) in [5.74, 6) is 1.41. The van der Waals surface area contributed by atoms with Gasteiger partial charge in [-0.15, -0.1) is 0 Å². The van der Waals surface area contributed by atoms with Crippen molar-refractivity contribution in [3.05, 3.63) is 78.4 Å². The van der Waals surface area contributed by atoms with E-state index in [1.54, 1.807) is 7.11 Å². The number of amides is 1. The molecule has 1 amide bonds. The van der Waals surface area contributed by atoms with Crippen LogP contribution in [0.2, 0.25) is 0 Å². The third-order valence-electron chi connectivity index (χ3n) is 5.60. The van der Waals surface area contributed by atoms with Crippen molar-refractivity contribution in [1.29, 1.82) is 0 Å². The van der Waals surface area contributed by atoms with E-state index in [9.17, 15) is 4.79 Å². The molecule has 5 heteroatoms. The highest BCUT2D eigenvalue weighted by Crippen LogP contribution is 2.29. The number of rotatable bonds is 6. The van der Waals surface area contributed by atoms with Crippen molar-refractivity contribution in [2.24, 2.45) is 0 Å². The van der Waals surface area contributed by atoms with Crippen LogP contribution in [0.25, 0.3) is 11.1 Å². The highest BCUT2D eigenvalue weighted by atomic mass is 16.5. The van der Waals surface area contributed by atoms with Gasteiger partial charge in [0.15, 0.2) is 0 Å². The maximum absolute atomic E-state index is 13.4. The molecule has 5 nitrogen and oxygen atoms in total. The number of carbonyl (C=O) groups is 1. The van der Waals surface area contributed by atoms with Crippen LogP contribution in [0.4, 0.5) is 0 Å². The van der Waals surface area contributed by atoms with Gasteiger partial charge in [0.25, 0.3) is 5.91 Å². The minimum atomic E-state index is 0.101. The summed E-state index contributed by atoms with van der Waals surface area (Å²) in [7, 11) is 1.71. The van der Waals surface area contributed by atoms with Crippen molar-refractivity contribution in [3.63, 3.8) is 0 Å². The molecule has 1 aliphatic heterocycles. The molecule has 1 fully saturated rings. The number of benzene rings is 2. The third kappa shape index (κ3) is 4.25. The Morgan fingerprint density at radius 3 is 2.76 bits per heavy atom. The number of piperidine rings is 1. The topological polar surface area (TPSA) is 47.4 Å². The minimum absolute atomic E-state index is 0.101. The molecule has 0 aliphatic carbocycles. The molecule has 1 aromatic heterocycles. The monoisotopic (exact) mass is 389 g/mol. The summed E-state index contributed by atoms with van der Waals surface area (Å²) in [6.07, 6.45) is 5.88. The molecule has 4 rings (SSSR count). The number of hydrogen-bond donors (Lipinski definition) is 0. The predicted octanol–water partition coefficient (Wildman–Crippen LogP) is 4.22. The quantitative estimate of drug-likeness (QED) is 0.634. The van der Waals surface area contributed by atoms with Crippen LogP contribution in [0.15, 0.2) is 67.0 Å². The normalized spacial score (nSPS) is 16.7. The van der Waals surface area contributed by atoms with E-state index in [4.69, 9.17) is 4.74 Å². The molecule has 2 heterocycles. The van der Waals surface area contributed by atoms with E-state index in [-0.39, 0.29) is 11.8 Å². The smallest absolute Gasteiger partial charge is 0.254 e. The summed E-state index contributed by atoms with van der Waals surface area (Å²) in [5.41, 5.74) is 2.82. The minimum Gasteiger partial charge on any atom is -0.383 e. The summed E-state index contributed by atoms with van der Waals surface area (Å²) in [6.45, 7) is 2.93. The highest BCUT2D eigenvalue weighted by molar-refractivity contribution is 6.01. The van der Waals surface area contributed by atoms with Gasteiger partial charge in [-0.2, -0.15) is 0 Å². The van der Waals surface area contributed by atoms with E-state index in [1.165, 1.54) is 0 Å². The Morgan fingerprint density at radius 2 is 1.93 bits per heavy atom. The summed E-state index contributed by atoms with van der Waals surface area (Å²) in [5, 5.41) is 0. The third-order valence-corrected chi connectivity index (χ3v) is 5.60. The second kappa shape index (κ2) is 9.05. The lowest BCUT2D eigenvalue weighted by molar-refractivity contribution is 0.0703. The SMILES string of the molecule is COCCn1ccnc1[C@@H]1CCCN(C(=O)c2ccccc2-c2ccccc2)C1. The Hall–Kier alpha value is -2.92. The van der Waals surface area contributed by atoms with Crippen molar-refractivity contribution >= 4 is 5.91 Å². The molecule has 1 atom stereocenters. The zero-order chi connectivity index (χ0) is 20.1. The van der Waals surface area contributed by atoms with E-state index in [2.05, 4.69) is 21.7 Å². The fourth-order valence-electron chi connectivity index (χ4n) is 4.14. The van der Waals surface area contributed by atoms with Crippen LogP contribution >= 0.6 is 0 Å². The molecule has 2 aromatic carbocycles. The Morgan fingerprint density at radius 1 is 1.14 bits per heavy atom. The number of methoxy groups -OCH3 is 1. The zero-order valence-electron chi connectivity index (χ0n) is 16.8. The van der Waals surface area contributed by atoms with Gasteiger partial charge in [-0.3, -0.25) is 4.79 Å². The lowest BCUT2D eigenvalue weighted by Gasteiger charge is -2.33. The van der Waals surface area contributed by atoms with E-state index in [0.717, 1.165) is 48.4 Å². The Balaban J connectivity index is 1.56. The maximum atomic E-state index is 13.4. The largest absolute Gasteiger partial charge is 0.383 e. The van der Waals surface area contributed by atoms with Crippen LogP contribution in [-0.4, -0.2) is 47.2 Å². The molecule has 0 spiro atoms. The van der Waals surface area contributed by atoms with Gasteiger partial charge in [-0.05, 0) is 30.0 Å². The predicted molar refractivity (Wildman–Crippen MR) is 114 cm³/mol. The van der Waals surface area contributed by atoms with Crippen LogP contribution in [0, 0.1) is 0 Å². The first-order valence-corrected chi connectivity index (χ1v) is 10.2. The summed E-state index contributed by atoms with van der Waals surface area (Å²) < 4.78 is 7.37. The van der Waals surface area contributed by atoms with E-state index >= 15 is 0 Å². The molecule has 1 saturated heterocycles. The van der Waals surface area contributed by atoms with Gasteiger partial charge in [0.1, 0.15) is 5.82 Å². The average molecular weight is 389 g/mol. The fraction of sp³-hybridized carbons (Fsp3) is 0.333. The summed E-state index contributed by atoms with van der Waals surface area (Å²) in [4.78, 5) is 20.0. The van der Waals surface area contributed by atoms with Gasteiger partial charge in [0.2, 0.25) is 0 Å². The molecule has 1 aliphatic rings. The molecule has 3 aromatic rings. The molecular formula is C24H27N3O2. The number of imidazole rings is 1. The van der Waals surface area contributed by atoms with Crippen LogP contribution < -0.4 is 0 Å². The van der Waals surface area contributed by atoms with Gasteiger partial charge >= 0.3 is 0 Å². The number of ether oxygens (including phenoxy) is 1. The molecule has 150 valence electrons. The molecule has 0 saturated carbocycles. The lowest BCUT2D eigenvalue weighted by Crippen LogP contribution is -2.40. The molecule has 29 heavy (non-hydrogen) atoms. The molecular weight excluding hydrogens is 362 g/mol. The number of aromatic nitrogens is 2. The van der Waals surface area contributed by atoms with Crippen LogP contribution in [0.5, 0.6) is 0 Å². The van der Waals surface area contributed by atoms with Gasteiger partial charge < -0.3 is 14.2 Å². The van der Waals surface area contributed by atoms with Gasteiger partial charge in [-0.1, -0.05) is 48.5 Å². The lowest BCUT2D eigenvalue weighted by atomic mass is 9.94. The standard InChI is InChI=1S/C24H27N3O2/c1-29-17-16-26-15-13-25-23(26)20-10-7-14-27(18-20)24(28)22-12-6-5-11-21(22)19-8-3-2-4-9-19/h2-6,8-9,11-13,15,20H,7,10,14,16-18H2,1H3/t20-/m1/s1. The number of likely N-dealkylation sites (tertiary alicyclic amines) is 1. The van der Waals surface area contributed by atoms with E-state index in [1.807, 2.05) is 59.8 Å². The molecule has 0 radical (unpaired) electrons. The van der Waals surface area contributed by atoms with Crippen LogP contribution in [0.1, 0.15) is 34.9 Å². The van der Waals surface area contributed by atoms with Crippen molar-refractivity contribution in [3.8, 4) is 11.1 Å². The number of carbonyl (C=O) groups excluding carboxylic acids is 1. The second-order valence-corrected chi connectivity index (χ2v) is 7.47. The van der Waals surface area contributed by atoms with Crippen molar-refractivity contribution in [1.82, 2.24) is 14.5 Å². The maximum Gasteiger partial charge on any atom is 0.254 e. The molecule has 0 N–H and O–H groups in total. The number of hydrogen-bond acceptors (Lipinski definition) is 3. The fourth-order valence-corrected chi connectivity index (χ4v) is 4.14. The van der Waals surface area contributed by atoms with Crippen LogP contribution in [0.3, 0.4) is 0 Å². The van der Waals surface area contributed by atoms with E-state index in [0.29, 0.717) is 13.2 Å². The van der Waals surface area contributed by atoms with Crippen molar-refractivity contribution < 1.29 is 9.53 Å². The summed E-state index contributed by atoms with van der Waals surface area (Å²) >= 11 is 0. The average Bonchev–Trinajstić information content (AvgIpc) is 3.26. The first kappa shape index (κ1) is 19.4. The Bertz CT molecular complexity index is 952. The van der Waals surface area contributed by atoms with Gasteiger partial charge in [0.05, 0.1) is 6.61 Å². The highest BCUT2D eigenvalue weighted by Gasteiger charge is 2.29. The first-order chi connectivity index (χ1) is 14.3. The Kier molecular flexibility index (Phi) is 6.06.